The number of nitrogens with one attached hydrogen (secondary N) is 1. The predicted molar refractivity (Wildman–Crippen MR) is 64.8 cm³/mol. The van der Waals surface area contributed by atoms with Gasteiger partial charge in [-0.2, -0.15) is 5.48 Å². The Morgan fingerprint density at radius 1 is 1.18 bits per heavy atom. The molecule has 0 saturated heterocycles. The van der Waals surface area contributed by atoms with E-state index in [9.17, 15) is 0 Å². The Morgan fingerprint density at radius 2 is 1.88 bits per heavy atom. The van der Waals surface area contributed by atoms with Crippen LogP contribution in [0.2, 0.25) is 5.02 Å². The van der Waals surface area contributed by atoms with Gasteiger partial charge in [-0.3, -0.25) is 0 Å². The van der Waals surface area contributed by atoms with Crippen molar-refractivity contribution < 1.29 is 13.7 Å². The summed E-state index contributed by atoms with van der Waals surface area (Å²) in [6.07, 6.45) is 3.23. The van der Waals surface area contributed by atoms with Crippen LogP contribution in [0.4, 0.5) is 0 Å². The SMILES string of the molecule is CONCc1c2ccoc2c(Cl)c2ccoc12. The lowest BCUT2D eigenvalue weighted by Gasteiger charge is -2.06. The van der Waals surface area contributed by atoms with Gasteiger partial charge in [0, 0.05) is 16.3 Å². The Bertz CT molecular complexity index is 619. The van der Waals surface area contributed by atoms with Gasteiger partial charge in [-0.25, -0.2) is 0 Å². The summed E-state index contributed by atoms with van der Waals surface area (Å²) >= 11 is 6.26. The van der Waals surface area contributed by atoms with Crippen LogP contribution in [0, 0.1) is 0 Å². The van der Waals surface area contributed by atoms with Gasteiger partial charge in [0.1, 0.15) is 5.58 Å². The predicted octanol–water partition coefficient (Wildman–Crippen LogP) is 3.48. The summed E-state index contributed by atoms with van der Waals surface area (Å²) in [4.78, 5) is 4.87. The molecule has 0 amide bonds. The molecule has 0 aliphatic carbocycles. The maximum atomic E-state index is 6.26. The van der Waals surface area contributed by atoms with Crippen molar-refractivity contribution in [2.45, 2.75) is 6.54 Å². The van der Waals surface area contributed by atoms with Gasteiger partial charge < -0.3 is 13.7 Å². The number of benzene rings is 1. The smallest absolute Gasteiger partial charge is 0.153 e. The molecule has 0 bridgehead atoms. The fourth-order valence-electron chi connectivity index (χ4n) is 2.00. The van der Waals surface area contributed by atoms with Crippen LogP contribution in [0.1, 0.15) is 5.56 Å². The molecule has 0 spiro atoms. The van der Waals surface area contributed by atoms with Crippen molar-refractivity contribution >= 4 is 33.5 Å². The lowest BCUT2D eigenvalue weighted by Crippen LogP contribution is -2.11. The second-order valence-corrected chi connectivity index (χ2v) is 4.02. The minimum Gasteiger partial charge on any atom is -0.464 e. The van der Waals surface area contributed by atoms with Crippen LogP contribution in [0.3, 0.4) is 0 Å². The third-order valence-corrected chi connectivity index (χ3v) is 3.13. The molecule has 0 unspecified atom stereocenters. The highest BCUT2D eigenvalue weighted by atomic mass is 35.5. The zero-order valence-corrected chi connectivity index (χ0v) is 9.88. The van der Waals surface area contributed by atoms with Crippen LogP contribution < -0.4 is 5.48 Å². The first kappa shape index (κ1) is 10.7. The molecule has 2 heterocycles. The Labute approximate surface area is 102 Å². The minimum atomic E-state index is 0.522. The van der Waals surface area contributed by atoms with E-state index < -0.39 is 0 Å². The van der Waals surface area contributed by atoms with Gasteiger partial charge in [-0.05, 0) is 12.1 Å². The molecule has 0 atom stereocenters. The number of furan rings is 2. The van der Waals surface area contributed by atoms with Gasteiger partial charge in [0.15, 0.2) is 5.58 Å². The average Bonchev–Trinajstić information content (AvgIpc) is 2.97. The maximum absolute atomic E-state index is 6.26. The number of hydrogen-bond donors (Lipinski definition) is 1. The Balaban J connectivity index is 2.35. The van der Waals surface area contributed by atoms with Crippen molar-refractivity contribution in [3.8, 4) is 0 Å². The molecule has 3 rings (SSSR count). The molecule has 88 valence electrons. The fourth-order valence-corrected chi connectivity index (χ4v) is 2.29. The third kappa shape index (κ3) is 1.53. The van der Waals surface area contributed by atoms with E-state index in [-0.39, 0.29) is 0 Å². The summed E-state index contributed by atoms with van der Waals surface area (Å²) in [7, 11) is 1.57. The summed E-state index contributed by atoms with van der Waals surface area (Å²) in [6.45, 7) is 0.522. The zero-order chi connectivity index (χ0) is 11.8. The van der Waals surface area contributed by atoms with E-state index in [4.69, 9.17) is 25.3 Å². The van der Waals surface area contributed by atoms with Crippen molar-refractivity contribution in [2.75, 3.05) is 7.11 Å². The quantitative estimate of drug-likeness (QED) is 0.724. The topological polar surface area (TPSA) is 47.5 Å². The normalized spacial score (nSPS) is 11.6. The van der Waals surface area contributed by atoms with E-state index in [1.165, 1.54) is 0 Å². The van der Waals surface area contributed by atoms with E-state index in [1.54, 1.807) is 19.6 Å². The molecule has 0 fully saturated rings. The summed E-state index contributed by atoms with van der Waals surface area (Å²) in [5.41, 5.74) is 5.21. The highest BCUT2D eigenvalue weighted by molar-refractivity contribution is 6.40. The van der Waals surface area contributed by atoms with Gasteiger partial charge in [0.05, 0.1) is 31.2 Å². The molecular weight excluding hydrogens is 242 g/mol. The standard InChI is InChI=1S/C12H10ClNO3/c1-15-14-6-9-7-2-4-17-12(7)10(13)8-3-5-16-11(8)9/h2-5,14H,6H2,1H3. The monoisotopic (exact) mass is 251 g/mol. The molecule has 5 heteroatoms. The van der Waals surface area contributed by atoms with E-state index in [0.717, 1.165) is 21.9 Å². The van der Waals surface area contributed by atoms with Gasteiger partial charge in [0.25, 0.3) is 0 Å². The average molecular weight is 252 g/mol. The number of halogens is 1. The molecule has 1 aromatic carbocycles. The second-order valence-electron chi connectivity index (χ2n) is 3.64. The van der Waals surface area contributed by atoms with Crippen LogP contribution in [0.15, 0.2) is 33.5 Å². The van der Waals surface area contributed by atoms with Crippen LogP contribution in [0.25, 0.3) is 21.9 Å². The molecule has 17 heavy (non-hydrogen) atoms. The first-order valence-corrected chi connectivity index (χ1v) is 5.51. The van der Waals surface area contributed by atoms with Crippen molar-refractivity contribution in [2.24, 2.45) is 0 Å². The molecule has 2 aromatic heterocycles. The van der Waals surface area contributed by atoms with Crippen molar-refractivity contribution in [1.29, 1.82) is 0 Å². The maximum Gasteiger partial charge on any atom is 0.153 e. The van der Waals surface area contributed by atoms with Crippen molar-refractivity contribution in [1.82, 2.24) is 5.48 Å². The van der Waals surface area contributed by atoms with Crippen LogP contribution in [0.5, 0.6) is 0 Å². The third-order valence-electron chi connectivity index (χ3n) is 2.76. The summed E-state index contributed by atoms with van der Waals surface area (Å²) in [5, 5.41) is 2.36. The highest BCUT2D eigenvalue weighted by Crippen LogP contribution is 2.37. The molecule has 0 radical (unpaired) electrons. The Hall–Kier alpha value is -1.49. The van der Waals surface area contributed by atoms with Gasteiger partial charge in [0.2, 0.25) is 0 Å². The zero-order valence-electron chi connectivity index (χ0n) is 9.12. The molecule has 0 aliphatic rings. The minimum absolute atomic E-state index is 0.522. The van der Waals surface area contributed by atoms with E-state index in [1.807, 2.05) is 12.1 Å². The molecule has 3 aromatic rings. The second kappa shape index (κ2) is 4.07. The fraction of sp³-hybridized carbons (Fsp3) is 0.167. The van der Waals surface area contributed by atoms with Gasteiger partial charge in [-0.15, -0.1) is 0 Å². The number of rotatable bonds is 3. The summed E-state index contributed by atoms with van der Waals surface area (Å²) in [6, 6.07) is 3.70. The molecular formula is C12H10ClNO3. The van der Waals surface area contributed by atoms with E-state index in [2.05, 4.69) is 5.48 Å². The van der Waals surface area contributed by atoms with Crippen molar-refractivity contribution in [3.63, 3.8) is 0 Å². The molecule has 4 nitrogen and oxygen atoms in total. The van der Waals surface area contributed by atoms with Crippen LogP contribution >= 0.6 is 11.6 Å². The summed E-state index contributed by atoms with van der Waals surface area (Å²) < 4.78 is 10.9. The number of fused-ring (bicyclic) bond motifs is 2. The first-order chi connectivity index (χ1) is 8.33. The largest absolute Gasteiger partial charge is 0.464 e. The first-order valence-electron chi connectivity index (χ1n) is 5.13. The summed E-state index contributed by atoms with van der Waals surface area (Å²) in [5.74, 6) is 0. The lowest BCUT2D eigenvalue weighted by atomic mass is 10.1. The molecule has 0 aliphatic heterocycles. The van der Waals surface area contributed by atoms with Crippen LogP contribution in [-0.4, -0.2) is 7.11 Å². The number of hydroxylamine groups is 1. The van der Waals surface area contributed by atoms with Crippen LogP contribution in [-0.2, 0) is 11.4 Å². The Morgan fingerprint density at radius 3 is 2.65 bits per heavy atom. The van der Waals surface area contributed by atoms with Gasteiger partial charge in [-0.1, -0.05) is 11.6 Å². The molecule has 1 N–H and O–H groups in total. The van der Waals surface area contributed by atoms with Crippen molar-refractivity contribution in [3.05, 3.63) is 35.2 Å². The van der Waals surface area contributed by atoms with E-state index >= 15 is 0 Å². The lowest BCUT2D eigenvalue weighted by molar-refractivity contribution is 0.0871. The number of hydrogen-bond acceptors (Lipinski definition) is 4. The van der Waals surface area contributed by atoms with Gasteiger partial charge >= 0.3 is 0 Å². The van der Waals surface area contributed by atoms with E-state index in [0.29, 0.717) is 17.2 Å². The molecule has 0 saturated carbocycles. The Kier molecular flexibility index (Phi) is 2.55. The highest BCUT2D eigenvalue weighted by Gasteiger charge is 2.16.